The van der Waals surface area contributed by atoms with E-state index in [-0.39, 0.29) is 0 Å². The number of hydrogen-bond acceptors (Lipinski definition) is 2. The standard InChI is InChI=1S/C15H25ClN2/c1-13(2)11-17-9-4-10-18(3)12-14-5-7-15(16)8-6-14/h5-8,13,17H,4,9-12H2,1-3H3. The van der Waals surface area contributed by atoms with Gasteiger partial charge in [-0.25, -0.2) is 0 Å². The van der Waals surface area contributed by atoms with Gasteiger partial charge >= 0.3 is 0 Å². The Kier molecular flexibility index (Phi) is 7.33. The molecule has 2 nitrogen and oxygen atoms in total. The molecule has 0 aliphatic carbocycles. The molecule has 0 fully saturated rings. The molecule has 0 aromatic heterocycles. The number of rotatable bonds is 8. The highest BCUT2D eigenvalue weighted by atomic mass is 35.5. The van der Waals surface area contributed by atoms with Crippen LogP contribution >= 0.6 is 11.6 Å². The monoisotopic (exact) mass is 268 g/mol. The molecule has 0 spiro atoms. The average Bonchev–Trinajstić information content (AvgIpc) is 2.31. The molecule has 1 aromatic rings. The normalized spacial score (nSPS) is 11.4. The smallest absolute Gasteiger partial charge is 0.0406 e. The van der Waals surface area contributed by atoms with E-state index in [9.17, 15) is 0 Å². The van der Waals surface area contributed by atoms with Crippen molar-refractivity contribution >= 4 is 11.6 Å². The first-order valence-electron chi connectivity index (χ1n) is 6.71. The van der Waals surface area contributed by atoms with Crippen LogP contribution in [0.3, 0.4) is 0 Å². The van der Waals surface area contributed by atoms with E-state index in [1.807, 2.05) is 12.1 Å². The lowest BCUT2D eigenvalue weighted by atomic mass is 10.2. The fourth-order valence-corrected chi connectivity index (χ4v) is 1.97. The Hall–Kier alpha value is -0.570. The molecule has 1 aromatic carbocycles. The van der Waals surface area contributed by atoms with Crippen LogP contribution in [0.1, 0.15) is 25.8 Å². The summed E-state index contributed by atoms with van der Waals surface area (Å²) in [5.74, 6) is 0.733. The SMILES string of the molecule is CC(C)CNCCCN(C)Cc1ccc(Cl)cc1. The van der Waals surface area contributed by atoms with Gasteiger partial charge in [0.1, 0.15) is 0 Å². The summed E-state index contributed by atoms with van der Waals surface area (Å²) in [6, 6.07) is 8.09. The highest BCUT2D eigenvalue weighted by Gasteiger charge is 2.00. The third-order valence-electron chi connectivity index (χ3n) is 2.81. The van der Waals surface area contributed by atoms with Gasteiger partial charge in [-0.3, -0.25) is 0 Å². The first-order valence-corrected chi connectivity index (χ1v) is 7.09. The largest absolute Gasteiger partial charge is 0.316 e. The zero-order chi connectivity index (χ0) is 13.4. The molecule has 18 heavy (non-hydrogen) atoms. The van der Waals surface area contributed by atoms with Crippen molar-refractivity contribution in [2.75, 3.05) is 26.7 Å². The summed E-state index contributed by atoms with van der Waals surface area (Å²) >= 11 is 5.87. The highest BCUT2D eigenvalue weighted by molar-refractivity contribution is 6.30. The second-order valence-electron chi connectivity index (χ2n) is 5.32. The van der Waals surface area contributed by atoms with Gasteiger partial charge < -0.3 is 10.2 Å². The van der Waals surface area contributed by atoms with Crippen molar-refractivity contribution in [2.45, 2.75) is 26.8 Å². The Labute approximate surface area is 116 Å². The molecular weight excluding hydrogens is 244 g/mol. The van der Waals surface area contributed by atoms with Gasteiger partial charge in [-0.15, -0.1) is 0 Å². The van der Waals surface area contributed by atoms with E-state index in [1.54, 1.807) is 0 Å². The van der Waals surface area contributed by atoms with Crippen LogP contribution < -0.4 is 5.32 Å². The predicted octanol–water partition coefficient (Wildman–Crippen LogP) is 3.41. The lowest BCUT2D eigenvalue weighted by Crippen LogP contribution is -2.25. The fourth-order valence-electron chi connectivity index (χ4n) is 1.85. The van der Waals surface area contributed by atoms with Crippen LogP contribution in [0.5, 0.6) is 0 Å². The predicted molar refractivity (Wildman–Crippen MR) is 80.1 cm³/mol. The van der Waals surface area contributed by atoms with E-state index in [0.717, 1.165) is 37.1 Å². The van der Waals surface area contributed by atoms with E-state index in [2.05, 4.69) is 43.2 Å². The van der Waals surface area contributed by atoms with E-state index >= 15 is 0 Å². The van der Waals surface area contributed by atoms with E-state index < -0.39 is 0 Å². The molecular formula is C15H25ClN2. The van der Waals surface area contributed by atoms with Gasteiger partial charge in [0, 0.05) is 11.6 Å². The molecule has 0 bridgehead atoms. The summed E-state index contributed by atoms with van der Waals surface area (Å²) in [6.45, 7) is 8.79. The summed E-state index contributed by atoms with van der Waals surface area (Å²) in [5.41, 5.74) is 1.32. The third kappa shape index (κ3) is 7.00. The Morgan fingerprint density at radius 1 is 1.22 bits per heavy atom. The summed E-state index contributed by atoms with van der Waals surface area (Å²) in [6.07, 6.45) is 1.19. The van der Waals surface area contributed by atoms with Gasteiger partial charge in [0.05, 0.1) is 0 Å². The van der Waals surface area contributed by atoms with Crippen LogP contribution in [0.15, 0.2) is 24.3 Å². The maximum Gasteiger partial charge on any atom is 0.0406 e. The molecule has 0 aliphatic rings. The molecule has 0 saturated carbocycles. The van der Waals surface area contributed by atoms with Crippen molar-refractivity contribution in [2.24, 2.45) is 5.92 Å². The number of nitrogens with zero attached hydrogens (tertiary/aromatic N) is 1. The maximum atomic E-state index is 5.87. The van der Waals surface area contributed by atoms with Crippen molar-refractivity contribution in [1.29, 1.82) is 0 Å². The topological polar surface area (TPSA) is 15.3 Å². The summed E-state index contributed by atoms with van der Waals surface area (Å²) < 4.78 is 0. The highest BCUT2D eigenvalue weighted by Crippen LogP contribution is 2.10. The quantitative estimate of drug-likeness (QED) is 0.727. The molecule has 0 aliphatic heterocycles. The van der Waals surface area contributed by atoms with E-state index in [0.29, 0.717) is 0 Å². The second-order valence-corrected chi connectivity index (χ2v) is 5.75. The molecule has 0 unspecified atom stereocenters. The van der Waals surface area contributed by atoms with Crippen molar-refractivity contribution in [1.82, 2.24) is 10.2 Å². The molecule has 0 saturated heterocycles. The van der Waals surface area contributed by atoms with Crippen LogP contribution in [0.25, 0.3) is 0 Å². The molecule has 0 amide bonds. The summed E-state index contributed by atoms with van der Waals surface area (Å²) in [4.78, 5) is 2.35. The van der Waals surface area contributed by atoms with Crippen LogP contribution in [0, 0.1) is 5.92 Å². The number of benzene rings is 1. The lowest BCUT2D eigenvalue weighted by Gasteiger charge is -2.17. The van der Waals surface area contributed by atoms with E-state index in [4.69, 9.17) is 11.6 Å². The molecule has 1 N–H and O–H groups in total. The summed E-state index contributed by atoms with van der Waals surface area (Å²) in [5, 5.41) is 4.27. The van der Waals surface area contributed by atoms with Gasteiger partial charge in [-0.1, -0.05) is 37.6 Å². The fraction of sp³-hybridized carbons (Fsp3) is 0.600. The van der Waals surface area contributed by atoms with Gasteiger partial charge in [0.25, 0.3) is 0 Å². The van der Waals surface area contributed by atoms with Gasteiger partial charge in [0.15, 0.2) is 0 Å². The van der Waals surface area contributed by atoms with Crippen molar-refractivity contribution < 1.29 is 0 Å². The molecule has 0 heterocycles. The maximum absolute atomic E-state index is 5.87. The third-order valence-corrected chi connectivity index (χ3v) is 3.06. The Morgan fingerprint density at radius 2 is 1.89 bits per heavy atom. The number of hydrogen-bond donors (Lipinski definition) is 1. The van der Waals surface area contributed by atoms with Crippen LogP contribution in [0.4, 0.5) is 0 Å². The summed E-state index contributed by atoms with van der Waals surface area (Å²) in [7, 11) is 2.16. The minimum absolute atomic E-state index is 0.733. The Bertz CT molecular complexity index is 322. The van der Waals surface area contributed by atoms with Gasteiger partial charge in [-0.05, 0) is 56.7 Å². The second kappa shape index (κ2) is 8.52. The first kappa shape index (κ1) is 15.5. The van der Waals surface area contributed by atoms with E-state index in [1.165, 1.54) is 12.0 Å². The molecule has 0 radical (unpaired) electrons. The van der Waals surface area contributed by atoms with Crippen molar-refractivity contribution in [3.63, 3.8) is 0 Å². The number of halogens is 1. The molecule has 0 atom stereocenters. The first-order chi connectivity index (χ1) is 8.58. The van der Waals surface area contributed by atoms with Crippen LogP contribution in [-0.2, 0) is 6.54 Å². The Morgan fingerprint density at radius 3 is 2.50 bits per heavy atom. The molecule has 3 heteroatoms. The average molecular weight is 269 g/mol. The van der Waals surface area contributed by atoms with Crippen molar-refractivity contribution in [3.8, 4) is 0 Å². The zero-order valence-electron chi connectivity index (χ0n) is 11.7. The Balaban J connectivity index is 2.13. The van der Waals surface area contributed by atoms with Gasteiger partial charge in [-0.2, -0.15) is 0 Å². The molecule has 102 valence electrons. The van der Waals surface area contributed by atoms with Crippen LogP contribution in [0.2, 0.25) is 5.02 Å². The minimum Gasteiger partial charge on any atom is -0.316 e. The lowest BCUT2D eigenvalue weighted by molar-refractivity contribution is 0.318. The zero-order valence-corrected chi connectivity index (χ0v) is 12.5. The van der Waals surface area contributed by atoms with Crippen LogP contribution in [-0.4, -0.2) is 31.6 Å². The number of nitrogens with one attached hydrogen (secondary N) is 1. The minimum atomic E-state index is 0.733. The molecule has 1 rings (SSSR count). The van der Waals surface area contributed by atoms with Gasteiger partial charge in [0.2, 0.25) is 0 Å². The van der Waals surface area contributed by atoms with Crippen molar-refractivity contribution in [3.05, 3.63) is 34.9 Å².